The second-order valence-electron chi connectivity index (χ2n) is 3.75. The van der Waals surface area contributed by atoms with Crippen molar-refractivity contribution in [3.05, 3.63) is 33.1 Å². The summed E-state index contributed by atoms with van der Waals surface area (Å²) in [5, 5.41) is 28.5. The average molecular weight is 307 g/mol. The van der Waals surface area contributed by atoms with Crippen LogP contribution in [0.1, 0.15) is 4.94 Å². The number of aliphatic hydroxyl groups excluding tert-OH is 3. The van der Waals surface area contributed by atoms with Crippen LogP contribution in [0.2, 0.25) is 4.82 Å². The molecular formula is C9H12N2O5Se. The van der Waals surface area contributed by atoms with Crippen molar-refractivity contribution >= 4 is 15.0 Å². The van der Waals surface area contributed by atoms with E-state index >= 15 is 0 Å². The Hall–Kier alpha value is -0.921. The van der Waals surface area contributed by atoms with Gasteiger partial charge in [0.25, 0.3) is 0 Å². The molecule has 0 bridgehead atoms. The van der Waals surface area contributed by atoms with Crippen LogP contribution in [0.4, 0.5) is 0 Å². The third-order valence-corrected chi connectivity index (χ3v) is 5.92. The van der Waals surface area contributed by atoms with Gasteiger partial charge in [0.1, 0.15) is 0 Å². The summed E-state index contributed by atoms with van der Waals surface area (Å²) < 4.78 is 1.20. The summed E-state index contributed by atoms with van der Waals surface area (Å²) in [7, 11) is 0. The fourth-order valence-electron chi connectivity index (χ4n) is 1.74. The van der Waals surface area contributed by atoms with E-state index in [1.165, 1.54) is 16.8 Å². The van der Waals surface area contributed by atoms with Gasteiger partial charge in [0.2, 0.25) is 0 Å². The SMILES string of the molecule is O=c1ccn([C@@H]2[Se][C@H](CO)C(O)C2O)c(=O)[nH]1. The molecule has 2 unspecified atom stereocenters. The first-order chi connectivity index (χ1) is 8.04. The molecule has 0 amide bonds. The number of aliphatic hydroxyl groups is 3. The Labute approximate surface area is 102 Å². The Balaban J connectivity index is 2.35. The zero-order valence-electron chi connectivity index (χ0n) is 8.68. The van der Waals surface area contributed by atoms with Gasteiger partial charge in [-0.05, 0) is 0 Å². The van der Waals surface area contributed by atoms with Crippen LogP contribution in [0.3, 0.4) is 0 Å². The van der Waals surface area contributed by atoms with Crippen molar-refractivity contribution < 1.29 is 15.3 Å². The van der Waals surface area contributed by atoms with Gasteiger partial charge in [-0.3, -0.25) is 0 Å². The van der Waals surface area contributed by atoms with Gasteiger partial charge < -0.3 is 0 Å². The molecule has 0 aromatic carbocycles. The van der Waals surface area contributed by atoms with Gasteiger partial charge >= 0.3 is 102 Å². The second kappa shape index (κ2) is 4.75. The molecule has 7 nitrogen and oxygen atoms in total. The maximum absolute atomic E-state index is 11.5. The summed E-state index contributed by atoms with van der Waals surface area (Å²) >= 11 is -0.324. The van der Waals surface area contributed by atoms with Gasteiger partial charge in [-0.2, -0.15) is 0 Å². The molecule has 94 valence electrons. The van der Waals surface area contributed by atoms with E-state index in [1.807, 2.05) is 0 Å². The molecule has 0 saturated carbocycles. The van der Waals surface area contributed by atoms with Crippen LogP contribution in [0.5, 0.6) is 0 Å². The van der Waals surface area contributed by atoms with Crippen LogP contribution >= 0.6 is 0 Å². The quantitative estimate of drug-likeness (QED) is 0.442. The van der Waals surface area contributed by atoms with E-state index in [0.717, 1.165) is 0 Å². The van der Waals surface area contributed by atoms with Crippen LogP contribution in [0.15, 0.2) is 21.9 Å². The first-order valence-corrected chi connectivity index (χ1v) is 6.96. The van der Waals surface area contributed by atoms with Gasteiger partial charge in [0, 0.05) is 0 Å². The third-order valence-electron chi connectivity index (χ3n) is 2.64. The number of nitrogens with one attached hydrogen (secondary N) is 1. The van der Waals surface area contributed by atoms with E-state index in [1.54, 1.807) is 0 Å². The molecule has 0 radical (unpaired) electrons. The number of H-pyrrole nitrogens is 1. The van der Waals surface area contributed by atoms with Crippen molar-refractivity contribution in [3.63, 3.8) is 0 Å². The molecule has 1 aliphatic heterocycles. The standard InChI is InChI=1S/C9H12N2O5Se/c12-3-4-6(14)7(15)8(17-4)11-2-1-5(13)10-9(11)16/h1-2,4,6-8,12,14-15H,3H2,(H,10,13,16)/t4-,6?,7?,8-/m1/s1. The first-order valence-electron chi connectivity index (χ1n) is 4.98. The molecule has 8 heteroatoms. The minimum atomic E-state index is -1.10. The van der Waals surface area contributed by atoms with Crippen molar-refractivity contribution in [3.8, 4) is 0 Å². The number of hydrogen-bond acceptors (Lipinski definition) is 5. The van der Waals surface area contributed by atoms with E-state index in [-0.39, 0.29) is 21.6 Å². The predicted octanol–water partition coefficient (Wildman–Crippen LogP) is -2.74. The van der Waals surface area contributed by atoms with Gasteiger partial charge in [-0.25, -0.2) is 0 Å². The van der Waals surface area contributed by atoms with Gasteiger partial charge in [0.05, 0.1) is 0 Å². The molecule has 1 aromatic heterocycles. The molecule has 2 heterocycles. The number of rotatable bonds is 2. The van der Waals surface area contributed by atoms with Crippen molar-refractivity contribution in [1.82, 2.24) is 9.55 Å². The van der Waals surface area contributed by atoms with Gasteiger partial charge in [-0.15, -0.1) is 0 Å². The normalized spacial score (nSPS) is 32.9. The molecule has 17 heavy (non-hydrogen) atoms. The van der Waals surface area contributed by atoms with E-state index in [2.05, 4.69) is 4.98 Å². The van der Waals surface area contributed by atoms with Gasteiger partial charge in [-0.1, -0.05) is 0 Å². The summed E-state index contributed by atoms with van der Waals surface area (Å²) in [6, 6.07) is 1.18. The monoisotopic (exact) mass is 308 g/mol. The summed E-state index contributed by atoms with van der Waals surface area (Å²) in [6.07, 6.45) is -0.844. The van der Waals surface area contributed by atoms with Gasteiger partial charge in [0.15, 0.2) is 0 Å². The number of hydrogen-bond donors (Lipinski definition) is 4. The zero-order valence-corrected chi connectivity index (χ0v) is 10.4. The molecule has 0 spiro atoms. The number of aromatic nitrogens is 2. The first kappa shape index (κ1) is 12.5. The molecule has 1 fully saturated rings. The van der Waals surface area contributed by atoms with Crippen molar-refractivity contribution in [2.75, 3.05) is 6.61 Å². The van der Waals surface area contributed by atoms with Crippen LogP contribution in [0.25, 0.3) is 0 Å². The minimum absolute atomic E-state index is 0.229. The third kappa shape index (κ3) is 2.22. The number of nitrogens with zero attached hydrogens (tertiary/aromatic N) is 1. The zero-order chi connectivity index (χ0) is 12.6. The molecular weight excluding hydrogens is 295 g/mol. The fourth-order valence-corrected chi connectivity index (χ4v) is 4.64. The van der Waals surface area contributed by atoms with Crippen LogP contribution in [-0.4, -0.2) is 58.6 Å². The molecule has 2 rings (SSSR count). The van der Waals surface area contributed by atoms with Crippen molar-refractivity contribution in [1.29, 1.82) is 0 Å². The van der Waals surface area contributed by atoms with Crippen molar-refractivity contribution in [2.45, 2.75) is 22.0 Å². The maximum atomic E-state index is 11.5. The average Bonchev–Trinajstić information content (AvgIpc) is 2.57. The fraction of sp³-hybridized carbons (Fsp3) is 0.556. The van der Waals surface area contributed by atoms with E-state index in [9.17, 15) is 19.8 Å². The molecule has 1 saturated heterocycles. The second-order valence-corrected chi connectivity index (χ2v) is 6.60. The summed E-state index contributed by atoms with van der Waals surface area (Å²) in [5.41, 5.74) is -1.13. The van der Waals surface area contributed by atoms with Crippen LogP contribution < -0.4 is 11.2 Å². The molecule has 4 atom stereocenters. The van der Waals surface area contributed by atoms with E-state index in [4.69, 9.17) is 5.11 Å². The molecule has 4 N–H and O–H groups in total. The van der Waals surface area contributed by atoms with E-state index < -0.39 is 33.2 Å². The van der Waals surface area contributed by atoms with E-state index in [0.29, 0.717) is 0 Å². The Bertz CT molecular complexity index is 513. The topological polar surface area (TPSA) is 116 Å². The number of aromatic amines is 1. The summed E-state index contributed by atoms with van der Waals surface area (Å²) in [4.78, 5) is 23.6. The molecule has 1 aromatic rings. The van der Waals surface area contributed by atoms with Crippen LogP contribution in [-0.2, 0) is 0 Å². The predicted molar refractivity (Wildman–Crippen MR) is 59.0 cm³/mol. The summed E-state index contributed by atoms with van der Waals surface area (Å²) in [5.74, 6) is 0. The molecule has 1 aliphatic rings. The Kier molecular flexibility index (Phi) is 3.50. The Morgan fingerprint density at radius 1 is 1.35 bits per heavy atom. The Morgan fingerprint density at radius 2 is 2.06 bits per heavy atom. The Morgan fingerprint density at radius 3 is 2.59 bits per heavy atom. The van der Waals surface area contributed by atoms with Crippen molar-refractivity contribution in [2.24, 2.45) is 0 Å². The summed E-state index contributed by atoms with van der Waals surface area (Å²) in [6.45, 7) is -0.229. The van der Waals surface area contributed by atoms with Crippen LogP contribution in [0, 0.1) is 0 Å². The molecule has 0 aliphatic carbocycles.